The summed E-state index contributed by atoms with van der Waals surface area (Å²) in [5.41, 5.74) is -0.679. The first-order chi connectivity index (χ1) is 17.3. The van der Waals surface area contributed by atoms with E-state index in [0.29, 0.717) is 22.8 Å². The van der Waals surface area contributed by atoms with Crippen molar-refractivity contribution in [3.05, 3.63) is 94.4 Å². The summed E-state index contributed by atoms with van der Waals surface area (Å²) in [4.78, 5) is 16.0. The van der Waals surface area contributed by atoms with Gasteiger partial charge in [-0.25, -0.2) is 18.2 Å². The van der Waals surface area contributed by atoms with Crippen LogP contribution in [0.5, 0.6) is 0 Å². The van der Waals surface area contributed by atoms with Gasteiger partial charge >= 0.3 is 0 Å². The molecule has 1 aromatic carbocycles. The van der Waals surface area contributed by atoms with Crippen LogP contribution in [-0.4, -0.2) is 30.2 Å². The highest BCUT2D eigenvalue weighted by Gasteiger charge is 2.41. The second-order valence-electron chi connectivity index (χ2n) is 9.04. The minimum absolute atomic E-state index is 0.0107. The van der Waals surface area contributed by atoms with Crippen molar-refractivity contribution in [3.63, 3.8) is 0 Å². The first-order valence-electron chi connectivity index (χ1n) is 11.4. The fourth-order valence-electron chi connectivity index (χ4n) is 4.62. The zero-order valence-electron chi connectivity index (χ0n) is 19.3. The van der Waals surface area contributed by atoms with Crippen LogP contribution in [0, 0.1) is 31.3 Å². The Labute approximate surface area is 203 Å². The van der Waals surface area contributed by atoms with Crippen LogP contribution in [-0.2, 0) is 5.60 Å². The fourth-order valence-corrected chi connectivity index (χ4v) is 4.62. The van der Waals surface area contributed by atoms with Gasteiger partial charge < -0.3 is 14.6 Å². The van der Waals surface area contributed by atoms with E-state index in [9.17, 15) is 13.9 Å². The topological polar surface area (TPSA) is 101 Å². The molecular weight excluding hydrogens is 471 g/mol. The molecule has 4 aromatic heterocycles. The van der Waals surface area contributed by atoms with Crippen LogP contribution in [0.4, 0.5) is 13.2 Å². The van der Waals surface area contributed by atoms with Gasteiger partial charge in [0.2, 0.25) is 0 Å². The molecule has 10 heteroatoms. The zero-order chi connectivity index (χ0) is 25.2. The molecule has 1 fully saturated rings. The standard InChI is InChI=1S/C26H20F3N5O2/c1-12-21(13(2)36-34-12)17-9-18(23-24(22(17)29)33-25(32-23)14-3-4-14)26(35,19-7-5-15(27)10-30-19)20-8-6-16(28)11-31-20/h5-11,14,35H,3-4H2,1-2H3,(H,32,33). The lowest BCUT2D eigenvalue weighted by molar-refractivity contribution is 0.117. The Bertz CT molecular complexity index is 1540. The summed E-state index contributed by atoms with van der Waals surface area (Å²) in [7, 11) is 0. The Kier molecular flexibility index (Phi) is 4.97. The van der Waals surface area contributed by atoms with E-state index in [1.165, 1.54) is 18.2 Å². The number of imidazole rings is 1. The van der Waals surface area contributed by atoms with Crippen molar-refractivity contribution in [2.24, 2.45) is 0 Å². The van der Waals surface area contributed by atoms with Crippen molar-refractivity contribution >= 4 is 11.0 Å². The summed E-state index contributed by atoms with van der Waals surface area (Å²) in [5.74, 6) is -0.643. The predicted octanol–water partition coefficient (Wildman–Crippen LogP) is 5.20. The summed E-state index contributed by atoms with van der Waals surface area (Å²) in [6.07, 6.45) is 3.74. The number of H-pyrrole nitrogens is 1. The quantitative estimate of drug-likeness (QED) is 0.350. The summed E-state index contributed by atoms with van der Waals surface area (Å²) in [6, 6.07) is 6.36. The zero-order valence-corrected chi connectivity index (χ0v) is 19.3. The molecular formula is C26H20F3N5O2. The maximum absolute atomic E-state index is 16.0. The van der Waals surface area contributed by atoms with E-state index in [1.807, 2.05) is 0 Å². The lowest BCUT2D eigenvalue weighted by Gasteiger charge is -2.28. The van der Waals surface area contributed by atoms with Crippen LogP contribution >= 0.6 is 0 Å². The molecule has 0 amide bonds. The Morgan fingerprint density at radius 1 is 1.00 bits per heavy atom. The van der Waals surface area contributed by atoms with Gasteiger partial charge in [-0.1, -0.05) is 5.16 Å². The maximum atomic E-state index is 16.0. The maximum Gasteiger partial charge on any atom is 0.176 e. The molecule has 0 saturated heterocycles. The van der Waals surface area contributed by atoms with E-state index >= 15 is 4.39 Å². The number of hydrogen-bond acceptors (Lipinski definition) is 6. The number of aliphatic hydroxyl groups is 1. The minimum Gasteiger partial charge on any atom is -0.373 e. The number of halogens is 3. The molecule has 2 N–H and O–H groups in total. The SMILES string of the molecule is Cc1noc(C)c1-c1cc(C(O)(c2ccc(F)cn2)c2ccc(F)cn2)c2nc(C3CC3)[nH]c2c1F. The number of nitrogens with zero attached hydrogens (tertiary/aromatic N) is 4. The van der Waals surface area contributed by atoms with Crippen molar-refractivity contribution in [2.75, 3.05) is 0 Å². The fraction of sp³-hybridized carbons (Fsp3) is 0.231. The summed E-state index contributed by atoms with van der Waals surface area (Å²) in [6.45, 7) is 3.35. The molecule has 1 aliphatic carbocycles. The van der Waals surface area contributed by atoms with Crippen LogP contribution in [0.1, 0.15) is 53.0 Å². The number of benzene rings is 1. The highest BCUT2D eigenvalue weighted by Crippen LogP contribution is 2.45. The van der Waals surface area contributed by atoms with Gasteiger partial charge in [0.25, 0.3) is 0 Å². The summed E-state index contributed by atoms with van der Waals surface area (Å²) in [5, 5.41) is 16.3. The monoisotopic (exact) mass is 491 g/mol. The molecule has 0 aliphatic heterocycles. The summed E-state index contributed by atoms with van der Waals surface area (Å²) >= 11 is 0. The molecule has 182 valence electrons. The van der Waals surface area contributed by atoms with Crippen molar-refractivity contribution in [2.45, 2.75) is 38.2 Å². The number of hydrogen-bond donors (Lipinski definition) is 2. The molecule has 7 nitrogen and oxygen atoms in total. The lowest BCUT2D eigenvalue weighted by Crippen LogP contribution is -2.32. The van der Waals surface area contributed by atoms with Crippen LogP contribution in [0.15, 0.2) is 47.2 Å². The summed E-state index contributed by atoms with van der Waals surface area (Å²) < 4.78 is 48.9. The average molecular weight is 491 g/mol. The molecule has 0 spiro atoms. The number of aryl methyl sites for hydroxylation is 2. The van der Waals surface area contributed by atoms with Crippen molar-refractivity contribution in [3.8, 4) is 11.1 Å². The Hall–Kier alpha value is -4.05. The molecule has 0 unspecified atom stereocenters. The molecule has 1 saturated carbocycles. The number of nitrogens with one attached hydrogen (secondary N) is 1. The molecule has 4 heterocycles. The van der Waals surface area contributed by atoms with E-state index < -0.39 is 23.1 Å². The largest absolute Gasteiger partial charge is 0.373 e. The third-order valence-corrected chi connectivity index (χ3v) is 6.57. The average Bonchev–Trinajstić information content (AvgIpc) is 3.54. The first kappa shape index (κ1) is 22.4. The van der Waals surface area contributed by atoms with Crippen LogP contribution < -0.4 is 0 Å². The third kappa shape index (κ3) is 3.40. The van der Waals surface area contributed by atoms with Gasteiger partial charge in [-0.05, 0) is 57.0 Å². The number of aromatic amines is 1. The second-order valence-corrected chi connectivity index (χ2v) is 9.04. The second kappa shape index (κ2) is 7.99. The number of aromatic nitrogens is 5. The van der Waals surface area contributed by atoms with Crippen molar-refractivity contribution in [1.29, 1.82) is 0 Å². The first-order valence-corrected chi connectivity index (χ1v) is 11.4. The molecule has 6 rings (SSSR count). The minimum atomic E-state index is -2.13. The van der Waals surface area contributed by atoms with Crippen LogP contribution in [0.2, 0.25) is 0 Å². The Balaban J connectivity index is 1.72. The molecule has 5 aromatic rings. The van der Waals surface area contributed by atoms with Gasteiger partial charge in [0, 0.05) is 17.0 Å². The highest BCUT2D eigenvalue weighted by atomic mass is 19.1. The molecule has 0 atom stereocenters. The van der Waals surface area contributed by atoms with Crippen molar-refractivity contribution < 1.29 is 22.8 Å². The van der Waals surface area contributed by atoms with E-state index in [0.717, 1.165) is 37.4 Å². The van der Waals surface area contributed by atoms with Crippen LogP contribution in [0.25, 0.3) is 22.2 Å². The van der Waals surface area contributed by atoms with Gasteiger partial charge in [0.05, 0.1) is 40.6 Å². The van der Waals surface area contributed by atoms with E-state index in [2.05, 4.69) is 25.1 Å². The normalized spacial score (nSPS) is 14.1. The Morgan fingerprint density at radius 2 is 1.64 bits per heavy atom. The van der Waals surface area contributed by atoms with E-state index in [4.69, 9.17) is 4.52 Å². The van der Waals surface area contributed by atoms with Crippen LogP contribution in [0.3, 0.4) is 0 Å². The number of pyridine rings is 2. The lowest BCUT2D eigenvalue weighted by atomic mass is 9.83. The molecule has 36 heavy (non-hydrogen) atoms. The smallest absolute Gasteiger partial charge is 0.176 e. The molecule has 0 bridgehead atoms. The van der Waals surface area contributed by atoms with E-state index in [1.54, 1.807) is 13.8 Å². The van der Waals surface area contributed by atoms with Gasteiger partial charge in [-0.3, -0.25) is 9.97 Å². The van der Waals surface area contributed by atoms with Gasteiger partial charge in [-0.2, -0.15) is 0 Å². The predicted molar refractivity (Wildman–Crippen MR) is 123 cm³/mol. The third-order valence-electron chi connectivity index (χ3n) is 6.57. The molecule has 0 radical (unpaired) electrons. The number of fused-ring (bicyclic) bond motifs is 1. The van der Waals surface area contributed by atoms with Gasteiger partial charge in [0.1, 0.15) is 28.7 Å². The van der Waals surface area contributed by atoms with Crippen molar-refractivity contribution in [1.82, 2.24) is 25.1 Å². The molecule has 1 aliphatic rings. The van der Waals surface area contributed by atoms with Gasteiger partial charge in [-0.15, -0.1) is 0 Å². The Morgan fingerprint density at radius 3 is 2.14 bits per heavy atom. The van der Waals surface area contributed by atoms with E-state index in [-0.39, 0.29) is 39.5 Å². The highest BCUT2D eigenvalue weighted by molar-refractivity contribution is 5.89. The van der Waals surface area contributed by atoms with Gasteiger partial charge in [0.15, 0.2) is 11.4 Å². The number of rotatable bonds is 5.